The third-order valence-electron chi connectivity index (χ3n) is 4.81. The predicted molar refractivity (Wildman–Crippen MR) is 114 cm³/mol. The number of amides is 1. The zero-order chi connectivity index (χ0) is 21.3. The van der Waals surface area contributed by atoms with Crippen LogP contribution in [-0.2, 0) is 14.0 Å². The van der Waals surface area contributed by atoms with Crippen LogP contribution < -0.4 is 5.32 Å². The third kappa shape index (κ3) is 6.00. The summed E-state index contributed by atoms with van der Waals surface area (Å²) in [5, 5.41) is 3.45. The van der Waals surface area contributed by atoms with Crippen LogP contribution in [0.2, 0.25) is 5.02 Å². The second-order valence-corrected chi connectivity index (χ2v) is 9.66. The van der Waals surface area contributed by atoms with E-state index >= 15 is 0 Å². The van der Waals surface area contributed by atoms with Crippen molar-refractivity contribution >= 4 is 30.9 Å². The molecule has 1 amide bonds. The normalized spacial score (nSPS) is 18.9. The Balaban J connectivity index is 2.28. The lowest BCUT2D eigenvalue weighted by atomic mass is 9.77. The number of benzene rings is 1. The quantitative estimate of drug-likeness (QED) is 0.698. The monoisotopic (exact) mass is 407 g/mol. The first-order chi connectivity index (χ1) is 12.7. The van der Waals surface area contributed by atoms with E-state index in [1.165, 1.54) is 0 Å². The first kappa shape index (κ1) is 22.8. The Hall–Kier alpha value is -1.50. The second-order valence-electron chi connectivity index (χ2n) is 9.22. The Labute approximate surface area is 173 Å². The minimum absolute atomic E-state index is 0.233. The summed E-state index contributed by atoms with van der Waals surface area (Å²) >= 11 is 6.20. The molecule has 2 rings (SSSR count). The number of carbonyl (C=O) groups is 1. The van der Waals surface area contributed by atoms with Crippen LogP contribution in [0.5, 0.6) is 0 Å². The van der Waals surface area contributed by atoms with Crippen molar-refractivity contribution in [2.24, 2.45) is 0 Å². The first-order valence-electron chi connectivity index (χ1n) is 9.49. The highest BCUT2D eigenvalue weighted by molar-refractivity contribution is 6.56. The van der Waals surface area contributed by atoms with Crippen molar-refractivity contribution < 1.29 is 18.8 Å². The number of hydrogen-bond acceptors (Lipinski definition) is 4. The van der Waals surface area contributed by atoms with Crippen LogP contribution in [0.1, 0.15) is 59.6 Å². The summed E-state index contributed by atoms with van der Waals surface area (Å²) in [5.41, 5.74) is 1.22. The fraction of sp³-hybridized carbons (Fsp3) is 0.571. The highest BCUT2D eigenvalue weighted by atomic mass is 35.5. The molecule has 0 aromatic heterocycles. The van der Waals surface area contributed by atoms with Gasteiger partial charge < -0.3 is 19.4 Å². The molecule has 0 aliphatic carbocycles. The van der Waals surface area contributed by atoms with Gasteiger partial charge >= 0.3 is 13.2 Å². The van der Waals surface area contributed by atoms with Gasteiger partial charge in [-0.3, -0.25) is 0 Å². The van der Waals surface area contributed by atoms with Gasteiger partial charge in [0.15, 0.2) is 0 Å². The van der Waals surface area contributed by atoms with Gasteiger partial charge in [0.2, 0.25) is 0 Å². The average Bonchev–Trinajstić information content (AvgIpc) is 2.68. The van der Waals surface area contributed by atoms with E-state index in [1.54, 1.807) is 0 Å². The number of rotatable bonds is 4. The molecule has 154 valence electrons. The van der Waals surface area contributed by atoms with Crippen molar-refractivity contribution in [3.8, 4) is 0 Å². The molecule has 0 unspecified atom stereocenters. The predicted octanol–water partition coefficient (Wildman–Crippen LogP) is 5.19. The van der Waals surface area contributed by atoms with Crippen molar-refractivity contribution in [3.05, 3.63) is 39.8 Å². The molecule has 0 radical (unpaired) electrons. The minimum Gasteiger partial charge on any atom is -0.444 e. The summed E-state index contributed by atoms with van der Waals surface area (Å²) in [6.07, 6.45) is 1.45. The molecule has 28 heavy (non-hydrogen) atoms. The highest BCUT2D eigenvalue weighted by Crippen LogP contribution is 2.38. The minimum atomic E-state index is -0.584. The van der Waals surface area contributed by atoms with E-state index in [0.717, 1.165) is 16.6 Å². The van der Waals surface area contributed by atoms with Crippen LogP contribution in [-0.4, -0.2) is 36.6 Å². The van der Waals surface area contributed by atoms with Gasteiger partial charge in [0.25, 0.3) is 0 Å². The van der Waals surface area contributed by atoms with E-state index in [4.69, 9.17) is 25.6 Å². The van der Waals surface area contributed by atoms with Crippen LogP contribution in [0, 0.1) is 6.92 Å². The Morgan fingerprint density at radius 3 is 2.25 bits per heavy atom. The zero-order valence-electron chi connectivity index (χ0n) is 18.1. The largest absolute Gasteiger partial charge is 0.492 e. The van der Waals surface area contributed by atoms with Crippen LogP contribution in [0.15, 0.2) is 23.7 Å². The number of alkyl carbamates (subject to hydrolysis) is 1. The Morgan fingerprint density at radius 1 is 1.18 bits per heavy atom. The van der Waals surface area contributed by atoms with Crippen LogP contribution in [0.25, 0.3) is 6.08 Å². The molecule has 1 aliphatic heterocycles. The maximum Gasteiger partial charge on any atom is 0.492 e. The molecule has 1 N–H and O–H groups in total. The van der Waals surface area contributed by atoms with Gasteiger partial charge in [-0.25, -0.2) is 4.79 Å². The molecule has 1 heterocycles. The average molecular weight is 408 g/mol. The fourth-order valence-corrected chi connectivity index (χ4v) is 3.05. The lowest BCUT2D eigenvalue weighted by molar-refractivity contribution is 0.00578. The summed E-state index contributed by atoms with van der Waals surface area (Å²) < 4.78 is 17.7. The fourth-order valence-electron chi connectivity index (χ4n) is 2.75. The lowest BCUT2D eigenvalue weighted by Gasteiger charge is -2.32. The van der Waals surface area contributed by atoms with E-state index in [1.807, 2.05) is 79.7 Å². The van der Waals surface area contributed by atoms with Crippen molar-refractivity contribution in [2.45, 2.75) is 72.2 Å². The number of halogens is 1. The van der Waals surface area contributed by atoms with Gasteiger partial charge in [0.05, 0.1) is 11.2 Å². The van der Waals surface area contributed by atoms with Crippen LogP contribution in [0.3, 0.4) is 0 Å². The number of carbonyl (C=O) groups excluding carboxylic acids is 1. The molecule has 1 aromatic rings. The van der Waals surface area contributed by atoms with Gasteiger partial charge in [0, 0.05) is 11.6 Å². The van der Waals surface area contributed by atoms with Gasteiger partial charge in [-0.2, -0.15) is 0 Å². The van der Waals surface area contributed by atoms with E-state index in [2.05, 4.69) is 5.32 Å². The zero-order valence-corrected chi connectivity index (χ0v) is 18.9. The maximum absolute atomic E-state index is 12.1. The van der Waals surface area contributed by atoms with E-state index < -0.39 is 30.0 Å². The molecule has 0 saturated carbocycles. The molecule has 1 aliphatic rings. The maximum atomic E-state index is 12.1. The second kappa shape index (κ2) is 8.09. The van der Waals surface area contributed by atoms with Gasteiger partial charge in [-0.05, 0) is 84.1 Å². The first-order valence-corrected chi connectivity index (χ1v) is 9.86. The van der Waals surface area contributed by atoms with E-state index in [-0.39, 0.29) is 6.54 Å². The van der Waals surface area contributed by atoms with Gasteiger partial charge in [-0.15, -0.1) is 0 Å². The molecule has 1 aromatic carbocycles. The molecule has 0 bridgehead atoms. The summed E-state index contributed by atoms with van der Waals surface area (Å²) in [6, 6.07) is 5.78. The SMILES string of the molecule is Cc1cc(Cl)cc(C=C(CNC(=O)OC(C)(C)C)B2OC(C)(C)C(C)(C)O2)c1. The molecule has 1 saturated heterocycles. The van der Waals surface area contributed by atoms with Crippen molar-refractivity contribution in [1.29, 1.82) is 0 Å². The Bertz CT molecular complexity index is 732. The molecule has 0 spiro atoms. The van der Waals surface area contributed by atoms with Crippen molar-refractivity contribution in [2.75, 3.05) is 6.54 Å². The lowest BCUT2D eigenvalue weighted by Crippen LogP contribution is -2.41. The molecule has 0 atom stereocenters. The number of nitrogens with one attached hydrogen (secondary N) is 1. The van der Waals surface area contributed by atoms with Crippen LogP contribution >= 0.6 is 11.6 Å². The van der Waals surface area contributed by atoms with Gasteiger partial charge in [-0.1, -0.05) is 23.7 Å². The van der Waals surface area contributed by atoms with Crippen molar-refractivity contribution in [1.82, 2.24) is 5.32 Å². The van der Waals surface area contributed by atoms with E-state index in [0.29, 0.717) is 5.02 Å². The number of aryl methyl sites for hydroxylation is 1. The summed E-state index contributed by atoms with van der Waals surface area (Å²) in [7, 11) is -0.584. The molecule has 5 nitrogen and oxygen atoms in total. The van der Waals surface area contributed by atoms with E-state index in [9.17, 15) is 4.79 Å². The topological polar surface area (TPSA) is 56.8 Å². The summed E-state index contributed by atoms with van der Waals surface area (Å²) in [5.74, 6) is 0. The Morgan fingerprint density at radius 2 is 1.75 bits per heavy atom. The van der Waals surface area contributed by atoms with Crippen LogP contribution in [0.4, 0.5) is 4.79 Å². The molecule has 1 fully saturated rings. The molecule has 7 heteroatoms. The third-order valence-corrected chi connectivity index (χ3v) is 5.03. The van der Waals surface area contributed by atoms with Gasteiger partial charge in [0.1, 0.15) is 5.60 Å². The number of hydrogen-bond donors (Lipinski definition) is 1. The highest BCUT2D eigenvalue weighted by Gasteiger charge is 2.52. The smallest absolute Gasteiger partial charge is 0.444 e. The molecular weight excluding hydrogens is 376 g/mol. The summed E-state index contributed by atoms with van der Waals surface area (Å²) in [6.45, 7) is 15.7. The van der Waals surface area contributed by atoms with Crippen molar-refractivity contribution in [3.63, 3.8) is 0 Å². The number of ether oxygens (including phenoxy) is 1. The summed E-state index contributed by atoms with van der Waals surface area (Å²) in [4.78, 5) is 12.1. The Kier molecular flexibility index (Phi) is 6.59. The molecular formula is C21H31BClNO4. The standard InChI is InChI=1S/C21H31BClNO4/c1-14-9-15(12-17(23)10-14)11-16(13-24-18(25)26-19(2,3)4)22-27-20(5,6)21(7,8)28-22/h9-12H,13H2,1-8H3,(H,24,25).